The van der Waals surface area contributed by atoms with Gasteiger partial charge in [0.2, 0.25) is 0 Å². The van der Waals surface area contributed by atoms with E-state index in [1.807, 2.05) is 0 Å². The molecule has 1 atom stereocenters. The minimum atomic E-state index is -4.89. The monoisotopic (exact) mass is 626 g/mol. The van der Waals surface area contributed by atoms with E-state index >= 15 is 0 Å². The van der Waals surface area contributed by atoms with Crippen LogP contribution in [0.1, 0.15) is 5.56 Å². The van der Waals surface area contributed by atoms with E-state index in [-0.39, 0.29) is 48.9 Å². The fourth-order valence-electron chi connectivity index (χ4n) is 3.72. The lowest BCUT2D eigenvalue weighted by Crippen LogP contribution is -2.01. The first-order valence-corrected chi connectivity index (χ1v) is 15.5. The van der Waals surface area contributed by atoms with E-state index in [2.05, 4.69) is 33.6 Å². The molecule has 0 saturated heterocycles. The Bertz CT molecular complexity index is 2080. The molecule has 0 bridgehead atoms. The topological polar surface area (TPSA) is 224 Å². The van der Waals surface area contributed by atoms with Crippen LogP contribution in [0.4, 0.5) is 28.4 Å². The Morgan fingerprint density at radius 3 is 2.21 bits per heavy atom. The number of phenolic OH excluding ortho intramolecular Hbond substituents is 1. The van der Waals surface area contributed by atoms with Gasteiger partial charge in [-0.2, -0.15) is 18.6 Å². The van der Waals surface area contributed by atoms with Gasteiger partial charge in [-0.15, -0.1) is 10.2 Å². The Labute approximate surface area is 242 Å². The molecule has 4 aromatic rings. The summed E-state index contributed by atoms with van der Waals surface area (Å²) in [7, 11) is -8.69. The smallest absolute Gasteiger partial charge is 0.296 e. The summed E-state index contributed by atoms with van der Waals surface area (Å²) in [4.78, 5) is -1.01. The van der Waals surface area contributed by atoms with Crippen molar-refractivity contribution in [3.8, 4) is 5.75 Å². The Balaban J connectivity index is 1.83. The maximum absolute atomic E-state index is 12.2. The number of aromatic hydroxyl groups is 1. The Hall–Kier alpha value is -4.61. The molecule has 42 heavy (non-hydrogen) atoms. The second kappa shape index (κ2) is 11.7. The van der Waals surface area contributed by atoms with Crippen molar-refractivity contribution in [2.75, 3.05) is 5.73 Å². The quantitative estimate of drug-likeness (QED) is 0.0859. The second-order valence-electron chi connectivity index (χ2n) is 8.46. The van der Waals surface area contributed by atoms with Crippen LogP contribution in [0.15, 0.2) is 116 Å². The third-order valence-corrected chi connectivity index (χ3v) is 8.64. The van der Waals surface area contributed by atoms with E-state index in [1.54, 1.807) is 0 Å². The van der Waals surface area contributed by atoms with Crippen molar-refractivity contribution in [3.05, 3.63) is 90.9 Å². The molecule has 0 fully saturated rings. The first-order chi connectivity index (χ1) is 19.7. The normalized spacial score (nSPS) is 13.1. The number of rotatable bonds is 9. The summed E-state index contributed by atoms with van der Waals surface area (Å²) in [6.07, 6.45) is 0. The van der Waals surface area contributed by atoms with Crippen molar-refractivity contribution in [1.29, 1.82) is 0 Å². The predicted molar refractivity (Wildman–Crippen MR) is 156 cm³/mol. The maximum atomic E-state index is 12.2. The number of phenols is 1. The third-order valence-electron chi connectivity index (χ3n) is 5.78. The first kappa shape index (κ1) is 30.4. The SMILES string of the molecule is C=CS(=O)(=O)c1cccc(N=Nc2c(S(=O)(=O)O)cc3ccc(N=Nc4cccc(C(=C)S(=O)[O-])c4)c(O)c3c2N)c1. The molecule has 216 valence electrons. The highest BCUT2D eigenvalue weighted by molar-refractivity contribution is 7.94. The van der Waals surface area contributed by atoms with Gasteiger partial charge >= 0.3 is 0 Å². The maximum Gasteiger partial charge on any atom is 0.296 e. The summed E-state index contributed by atoms with van der Waals surface area (Å²) in [6, 6.07) is 15.0. The van der Waals surface area contributed by atoms with Gasteiger partial charge in [0.15, 0.2) is 15.6 Å². The average Bonchev–Trinajstić information content (AvgIpc) is 2.95. The Morgan fingerprint density at radius 2 is 1.57 bits per heavy atom. The van der Waals surface area contributed by atoms with Gasteiger partial charge in [-0.3, -0.25) is 8.76 Å². The van der Waals surface area contributed by atoms with E-state index in [9.17, 15) is 35.3 Å². The van der Waals surface area contributed by atoms with Gasteiger partial charge in [-0.05, 0) is 64.5 Å². The van der Waals surface area contributed by atoms with Crippen molar-refractivity contribution >= 4 is 75.2 Å². The molecule has 0 aliphatic carbocycles. The van der Waals surface area contributed by atoms with Crippen LogP contribution < -0.4 is 5.73 Å². The number of nitrogen functional groups attached to an aromatic ring is 1. The van der Waals surface area contributed by atoms with E-state index in [4.69, 9.17) is 5.73 Å². The molecule has 1 unspecified atom stereocenters. The summed E-state index contributed by atoms with van der Waals surface area (Å²) in [5, 5.41) is 27.5. The summed E-state index contributed by atoms with van der Waals surface area (Å²) in [6.45, 7) is 6.74. The number of hydrogen-bond acceptors (Lipinski definition) is 12. The molecule has 0 saturated carbocycles. The second-order valence-corrected chi connectivity index (χ2v) is 12.7. The number of benzene rings is 4. The van der Waals surface area contributed by atoms with E-state index in [1.165, 1.54) is 60.7 Å². The fraction of sp³-hybridized carbons (Fsp3) is 0. The minimum Gasteiger partial charge on any atom is -0.768 e. The number of hydrogen-bond donors (Lipinski definition) is 3. The van der Waals surface area contributed by atoms with Gasteiger partial charge in [-0.25, -0.2) is 8.42 Å². The number of sulfone groups is 1. The Kier molecular flexibility index (Phi) is 8.46. The molecule has 4 rings (SSSR count). The molecule has 0 aliphatic heterocycles. The van der Waals surface area contributed by atoms with Gasteiger partial charge in [0.05, 0.1) is 27.3 Å². The highest BCUT2D eigenvalue weighted by Gasteiger charge is 2.23. The van der Waals surface area contributed by atoms with Crippen LogP contribution in [-0.2, 0) is 31.0 Å². The number of azo groups is 2. The van der Waals surface area contributed by atoms with Gasteiger partial charge in [0.25, 0.3) is 10.1 Å². The fourth-order valence-corrected chi connectivity index (χ4v) is 5.45. The van der Waals surface area contributed by atoms with Crippen molar-refractivity contribution in [2.45, 2.75) is 9.79 Å². The van der Waals surface area contributed by atoms with Crippen molar-refractivity contribution in [2.24, 2.45) is 20.5 Å². The zero-order valence-corrected chi connectivity index (χ0v) is 23.7. The van der Waals surface area contributed by atoms with Crippen molar-refractivity contribution < 1.29 is 35.3 Å². The van der Waals surface area contributed by atoms with Gasteiger partial charge in [-0.1, -0.05) is 37.4 Å². The molecule has 0 heterocycles. The number of nitrogens with two attached hydrogens (primary N) is 1. The molecule has 4 aromatic carbocycles. The van der Waals surface area contributed by atoms with Crippen LogP contribution in [0.3, 0.4) is 0 Å². The largest absolute Gasteiger partial charge is 0.768 e. The highest BCUT2D eigenvalue weighted by Crippen LogP contribution is 2.45. The number of anilines is 1. The van der Waals surface area contributed by atoms with Gasteiger partial charge < -0.3 is 15.4 Å². The summed E-state index contributed by atoms with van der Waals surface area (Å²) in [5.74, 6) is -0.507. The van der Waals surface area contributed by atoms with Crippen molar-refractivity contribution in [1.82, 2.24) is 0 Å². The summed E-state index contributed by atoms with van der Waals surface area (Å²) in [5.41, 5.74) is 5.76. The molecular formula is C26H20N5O8S3-. The zero-order chi connectivity index (χ0) is 30.8. The third kappa shape index (κ3) is 6.32. The van der Waals surface area contributed by atoms with E-state index < -0.39 is 47.4 Å². The standard InChI is InChI=1S/C26H21N5O8S3/c1-3-41(35,36)20-9-5-8-19(14-20)29-31-25-22(42(37,38)39)13-17-10-11-21(26(32)23(17)24(25)27)30-28-18-7-4-6-16(12-18)15(2)40(33)34/h3-14,32H,1-2,27H2,(H,33,34)(H,37,38,39)/p-1. The summed E-state index contributed by atoms with van der Waals surface area (Å²) < 4.78 is 80.8. The van der Waals surface area contributed by atoms with Crippen LogP contribution in [0, 0.1) is 0 Å². The molecule has 0 amide bonds. The van der Waals surface area contributed by atoms with Gasteiger partial charge in [0.1, 0.15) is 16.3 Å². The van der Waals surface area contributed by atoms with Gasteiger partial charge in [0, 0.05) is 10.3 Å². The zero-order valence-electron chi connectivity index (χ0n) is 21.3. The van der Waals surface area contributed by atoms with E-state index in [0.29, 0.717) is 0 Å². The van der Waals surface area contributed by atoms with Crippen LogP contribution in [-0.4, -0.2) is 35.3 Å². The minimum absolute atomic E-state index is 0.0104. The highest BCUT2D eigenvalue weighted by atomic mass is 32.2. The lowest BCUT2D eigenvalue weighted by molar-refractivity contribution is 0.481. The average molecular weight is 627 g/mol. The lowest BCUT2D eigenvalue weighted by Gasteiger charge is -2.12. The van der Waals surface area contributed by atoms with E-state index in [0.717, 1.165) is 11.5 Å². The molecule has 0 radical (unpaired) electrons. The van der Waals surface area contributed by atoms with Crippen LogP contribution >= 0.6 is 0 Å². The van der Waals surface area contributed by atoms with Crippen LogP contribution in [0.25, 0.3) is 15.7 Å². The molecule has 0 spiro atoms. The first-order valence-electron chi connectivity index (χ1n) is 11.5. The molecule has 4 N–H and O–H groups in total. The summed E-state index contributed by atoms with van der Waals surface area (Å²) >= 11 is -2.54. The Morgan fingerprint density at radius 1 is 0.929 bits per heavy atom. The molecule has 13 nitrogen and oxygen atoms in total. The number of fused-ring (bicyclic) bond motifs is 1. The molecular weight excluding hydrogens is 607 g/mol. The van der Waals surface area contributed by atoms with Crippen LogP contribution in [0.2, 0.25) is 0 Å². The molecule has 0 aliphatic rings. The van der Waals surface area contributed by atoms with Crippen molar-refractivity contribution in [3.63, 3.8) is 0 Å². The van der Waals surface area contributed by atoms with Crippen LogP contribution in [0.5, 0.6) is 5.75 Å². The molecule has 16 heteroatoms. The molecule has 0 aromatic heterocycles. The lowest BCUT2D eigenvalue weighted by atomic mass is 10.1. The number of nitrogens with zero attached hydrogens (tertiary/aromatic N) is 4. The predicted octanol–water partition coefficient (Wildman–Crippen LogP) is 5.97.